The molecule has 0 aliphatic carbocycles. The fourth-order valence-electron chi connectivity index (χ4n) is 2.98. The van der Waals surface area contributed by atoms with E-state index in [0.717, 1.165) is 24.1 Å². The smallest absolute Gasteiger partial charge is 0.130 e. The summed E-state index contributed by atoms with van der Waals surface area (Å²) in [7, 11) is 1.87. The summed E-state index contributed by atoms with van der Waals surface area (Å²) in [5.41, 5.74) is 5.37. The van der Waals surface area contributed by atoms with Crippen LogP contribution in [-0.2, 0) is 13.5 Å². The molecule has 0 aromatic carbocycles. The lowest BCUT2D eigenvalue weighted by Gasteiger charge is -2.26. The topological polar surface area (TPSA) is 55.9 Å². The average molecular weight is 301 g/mol. The summed E-state index contributed by atoms with van der Waals surface area (Å²) in [6.45, 7) is 11.1. The van der Waals surface area contributed by atoms with Crippen LogP contribution in [0.15, 0.2) is 0 Å². The summed E-state index contributed by atoms with van der Waals surface area (Å²) in [6.07, 6.45) is 3.05. The van der Waals surface area contributed by atoms with E-state index in [2.05, 4.69) is 38.2 Å². The second-order valence-corrected chi connectivity index (χ2v) is 7.51. The van der Waals surface area contributed by atoms with Gasteiger partial charge in [-0.2, -0.15) is 5.10 Å². The highest BCUT2D eigenvalue weighted by Crippen LogP contribution is 2.28. The van der Waals surface area contributed by atoms with Crippen molar-refractivity contribution in [3.63, 3.8) is 0 Å². The van der Waals surface area contributed by atoms with Crippen molar-refractivity contribution in [3.8, 4) is 0 Å². The van der Waals surface area contributed by atoms with Crippen LogP contribution in [0, 0.1) is 18.3 Å². The maximum atomic E-state index is 6.29. The molecule has 1 heterocycles. The third-order valence-electron chi connectivity index (χ3n) is 3.60. The molecule has 0 amide bonds. The number of nitrogens with zero attached hydrogens (tertiary/aromatic N) is 2. The number of hydrogen-bond donors (Lipinski definition) is 2. The Labute approximate surface area is 128 Å². The zero-order valence-corrected chi connectivity index (χ0v) is 14.4. The minimum atomic E-state index is 0.229. The first kappa shape index (κ1) is 17.5. The Hall–Kier alpha value is -0.580. The quantitative estimate of drug-likeness (QED) is 0.626. The lowest BCUT2D eigenvalue weighted by atomic mass is 9.82. The maximum Gasteiger partial charge on any atom is 0.130 e. The molecule has 0 radical (unpaired) electrons. The summed E-state index contributed by atoms with van der Waals surface area (Å²) in [4.78, 5) is 0. The van der Waals surface area contributed by atoms with Gasteiger partial charge in [-0.1, -0.05) is 39.3 Å². The molecular formula is C15H29ClN4. The summed E-state index contributed by atoms with van der Waals surface area (Å²) < 4.78 is 1.72. The zero-order valence-electron chi connectivity index (χ0n) is 13.6. The third kappa shape index (κ3) is 5.08. The molecular weight excluding hydrogens is 272 g/mol. The molecule has 3 N–H and O–H groups in total. The normalized spacial score (nSPS) is 15.4. The van der Waals surface area contributed by atoms with Gasteiger partial charge in [0.2, 0.25) is 0 Å². The van der Waals surface area contributed by atoms with Crippen LogP contribution >= 0.6 is 11.6 Å². The minimum absolute atomic E-state index is 0.229. The van der Waals surface area contributed by atoms with E-state index in [-0.39, 0.29) is 6.04 Å². The molecule has 20 heavy (non-hydrogen) atoms. The number of hydrazine groups is 1. The van der Waals surface area contributed by atoms with Crippen molar-refractivity contribution in [2.45, 2.75) is 59.9 Å². The van der Waals surface area contributed by atoms with Crippen LogP contribution in [0.2, 0.25) is 5.15 Å². The Morgan fingerprint density at radius 3 is 2.40 bits per heavy atom. The average Bonchev–Trinajstić information content (AvgIpc) is 2.52. The van der Waals surface area contributed by atoms with E-state index in [0.29, 0.717) is 16.5 Å². The minimum Gasteiger partial charge on any atom is -0.271 e. The van der Waals surface area contributed by atoms with Crippen LogP contribution in [0.5, 0.6) is 0 Å². The van der Waals surface area contributed by atoms with Crippen LogP contribution < -0.4 is 11.3 Å². The van der Waals surface area contributed by atoms with Crippen LogP contribution in [0.4, 0.5) is 0 Å². The second-order valence-electron chi connectivity index (χ2n) is 7.15. The number of hydrogen-bond acceptors (Lipinski definition) is 3. The SMILES string of the molecule is Cc1nn(C)c(Cl)c1CC(CC(C)CC(C)(C)C)NN. The van der Waals surface area contributed by atoms with Gasteiger partial charge in [0.1, 0.15) is 5.15 Å². The molecule has 5 heteroatoms. The molecule has 2 unspecified atom stereocenters. The standard InChI is InChI=1S/C15H29ClN4/c1-10(9-15(3,4)5)7-12(18-17)8-13-11(2)19-20(6)14(13)16/h10,12,18H,7-9,17H2,1-6H3. The highest BCUT2D eigenvalue weighted by molar-refractivity contribution is 6.30. The van der Waals surface area contributed by atoms with Gasteiger partial charge in [-0.15, -0.1) is 0 Å². The van der Waals surface area contributed by atoms with Gasteiger partial charge in [0.15, 0.2) is 0 Å². The van der Waals surface area contributed by atoms with Crippen molar-refractivity contribution in [2.75, 3.05) is 0 Å². The van der Waals surface area contributed by atoms with E-state index >= 15 is 0 Å². The largest absolute Gasteiger partial charge is 0.271 e. The number of aryl methyl sites for hydroxylation is 2. The first-order chi connectivity index (χ1) is 9.14. The molecule has 0 spiro atoms. The number of nitrogens with one attached hydrogen (secondary N) is 1. The fraction of sp³-hybridized carbons (Fsp3) is 0.800. The first-order valence-electron chi connectivity index (χ1n) is 7.28. The lowest BCUT2D eigenvalue weighted by molar-refractivity contribution is 0.274. The van der Waals surface area contributed by atoms with Crippen molar-refractivity contribution in [3.05, 3.63) is 16.4 Å². The Balaban J connectivity index is 2.68. The van der Waals surface area contributed by atoms with Gasteiger partial charge in [0.05, 0.1) is 5.69 Å². The monoisotopic (exact) mass is 300 g/mol. The third-order valence-corrected chi connectivity index (χ3v) is 4.08. The van der Waals surface area contributed by atoms with Crippen molar-refractivity contribution in [1.29, 1.82) is 0 Å². The van der Waals surface area contributed by atoms with E-state index in [1.54, 1.807) is 4.68 Å². The molecule has 4 nitrogen and oxygen atoms in total. The van der Waals surface area contributed by atoms with Gasteiger partial charge in [-0.3, -0.25) is 16.0 Å². The number of halogens is 1. The van der Waals surface area contributed by atoms with Gasteiger partial charge in [0.25, 0.3) is 0 Å². The van der Waals surface area contributed by atoms with E-state index in [1.807, 2.05) is 14.0 Å². The molecule has 0 saturated carbocycles. The van der Waals surface area contributed by atoms with Crippen LogP contribution in [0.3, 0.4) is 0 Å². The van der Waals surface area contributed by atoms with Crippen molar-refractivity contribution >= 4 is 11.6 Å². The lowest BCUT2D eigenvalue weighted by Crippen LogP contribution is -2.38. The Morgan fingerprint density at radius 1 is 1.40 bits per heavy atom. The predicted molar refractivity (Wildman–Crippen MR) is 85.6 cm³/mol. The van der Waals surface area contributed by atoms with Gasteiger partial charge in [-0.25, -0.2) is 0 Å². The van der Waals surface area contributed by atoms with Crippen molar-refractivity contribution < 1.29 is 0 Å². The summed E-state index contributed by atoms with van der Waals surface area (Å²) in [5, 5.41) is 5.07. The molecule has 1 rings (SSSR count). The van der Waals surface area contributed by atoms with Gasteiger partial charge >= 0.3 is 0 Å². The number of nitrogens with two attached hydrogens (primary N) is 1. The second kappa shape index (κ2) is 6.92. The molecule has 2 atom stereocenters. The Kier molecular flexibility index (Phi) is 6.05. The highest BCUT2D eigenvalue weighted by Gasteiger charge is 2.21. The molecule has 0 saturated heterocycles. The van der Waals surface area contributed by atoms with Gasteiger partial charge in [-0.05, 0) is 37.5 Å². The van der Waals surface area contributed by atoms with Gasteiger partial charge in [0, 0.05) is 18.7 Å². The summed E-state index contributed by atoms with van der Waals surface area (Å²) in [6, 6.07) is 0.229. The van der Waals surface area contributed by atoms with Crippen molar-refractivity contribution in [2.24, 2.45) is 24.2 Å². The molecule has 1 aromatic heterocycles. The van der Waals surface area contributed by atoms with Crippen LogP contribution in [-0.4, -0.2) is 15.8 Å². The van der Waals surface area contributed by atoms with E-state index in [1.165, 1.54) is 6.42 Å². The maximum absolute atomic E-state index is 6.29. The van der Waals surface area contributed by atoms with E-state index in [9.17, 15) is 0 Å². The molecule has 0 bridgehead atoms. The molecule has 0 fully saturated rings. The highest BCUT2D eigenvalue weighted by atomic mass is 35.5. The fourth-order valence-corrected chi connectivity index (χ4v) is 3.23. The molecule has 116 valence electrons. The summed E-state index contributed by atoms with van der Waals surface area (Å²) in [5.74, 6) is 6.34. The Bertz CT molecular complexity index is 434. The summed E-state index contributed by atoms with van der Waals surface area (Å²) >= 11 is 6.29. The van der Waals surface area contributed by atoms with Gasteiger partial charge < -0.3 is 0 Å². The van der Waals surface area contributed by atoms with Crippen LogP contribution in [0.25, 0.3) is 0 Å². The Morgan fingerprint density at radius 2 is 2.00 bits per heavy atom. The first-order valence-corrected chi connectivity index (χ1v) is 7.66. The number of rotatable bonds is 6. The zero-order chi connectivity index (χ0) is 15.5. The van der Waals surface area contributed by atoms with E-state index < -0.39 is 0 Å². The molecule has 0 aliphatic heterocycles. The molecule has 0 aliphatic rings. The van der Waals surface area contributed by atoms with Crippen molar-refractivity contribution in [1.82, 2.24) is 15.2 Å². The van der Waals surface area contributed by atoms with Crippen LogP contribution in [0.1, 0.15) is 51.8 Å². The number of aromatic nitrogens is 2. The predicted octanol–water partition coefficient (Wildman–Crippen LogP) is 3.22. The molecule has 1 aromatic rings. The van der Waals surface area contributed by atoms with E-state index in [4.69, 9.17) is 17.4 Å².